The number of hydrogen-bond donors (Lipinski definition) is 0. The van der Waals surface area contributed by atoms with Crippen molar-refractivity contribution in [3.63, 3.8) is 0 Å². The molecule has 3 nitrogen and oxygen atoms in total. The van der Waals surface area contributed by atoms with E-state index in [4.69, 9.17) is 4.74 Å². The van der Waals surface area contributed by atoms with Gasteiger partial charge in [-0.05, 0) is 44.5 Å². The fraction of sp³-hybridized carbons (Fsp3) is 0.250. The van der Waals surface area contributed by atoms with E-state index in [0.29, 0.717) is 5.56 Å². The molecule has 0 saturated heterocycles. The summed E-state index contributed by atoms with van der Waals surface area (Å²) in [5.41, 5.74) is -1.30. The van der Waals surface area contributed by atoms with Gasteiger partial charge in [-0.2, -0.15) is 0 Å². The SMILES string of the molecule is CC(C)(C)OC(=O)c1c(-c2ccncc2)cc(F)c(F)c1F. The van der Waals surface area contributed by atoms with E-state index in [1.54, 1.807) is 20.8 Å². The second-order valence-corrected chi connectivity index (χ2v) is 5.65. The van der Waals surface area contributed by atoms with Gasteiger partial charge in [0.2, 0.25) is 0 Å². The molecular formula is C16H14F3NO2. The average Bonchev–Trinajstić information content (AvgIpc) is 2.43. The van der Waals surface area contributed by atoms with Crippen LogP contribution in [0.5, 0.6) is 0 Å². The Bertz CT molecular complexity index is 710. The lowest BCUT2D eigenvalue weighted by Gasteiger charge is -2.21. The van der Waals surface area contributed by atoms with Gasteiger partial charge in [-0.3, -0.25) is 4.98 Å². The van der Waals surface area contributed by atoms with Gasteiger partial charge in [0.15, 0.2) is 17.5 Å². The predicted octanol–water partition coefficient (Wildman–Crippen LogP) is 4.12. The predicted molar refractivity (Wildman–Crippen MR) is 74.7 cm³/mol. The van der Waals surface area contributed by atoms with Crippen LogP contribution in [0.15, 0.2) is 30.6 Å². The van der Waals surface area contributed by atoms with Gasteiger partial charge in [0, 0.05) is 18.0 Å². The van der Waals surface area contributed by atoms with E-state index in [-0.39, 0.29) is 5.56 Å². The second-order valence-electron chi connectivity index (χ2n) is 5.65. The molecule has 2 rings (SSSR count). The number of carbonyl (C=O) groups excluding carboxylic acids is 1. The van der Waals surface area contributed by atoms with E-state index < -0.39 is 34.6 Å². The molecule has 2 aromatic rings. The summed E-state index contributed by atoms with van der Waals surface area (Å²) in [6.07, 6.45) is 2.79. The molecule has 0 bridgehead atoms. The van der Waals surface area contributed by atoms with Crippen molar-refractivity contribution < 1.29 is 22.7 Å². The van der Waals surface area contributed by atoms with Crippen molar-refractivity contribution >= 4 is 5.97 Å². The number of carbonyl (C=O) groups is 1. The second kappa shape index (κ2) is 5.79. The topological polar surface area (TPSA) is 39.2 Å². The third-order valence-corrected chi connectivity index (χ3v) is 2.76. The van der Waals surface area contributed by atoms with Crippen molar-refractivity contribution in [1.29, 1.82) is 0 Å². The fourth-order valence-electron chi connectivity index (χ4n) is 1.88. The van der Waals surface area contributed by atoms with Gasteiger partial charge < -0.3 is 4.74 Å². The van der Waals surface area contributed by atoms with Crippen LogP contribution in [0.25, 0.3) is 11.1 Å². The highest BCUT2D eigenvalue weighted by atomic mass is 19.2. The normalized spacial score (nSPS) is 11.4. The van der Waals surface area contributed by atoms with Crippen LogP contribution in [0.2, 0.25) is 0 Å². The molecule has 0 spiro atoms. The quantitative estimate of drug-likeness (QED) is 0.619. The van der Waals surface area contributed by atoms with Crippen LogP contribution in [0.1, 0.15) is 31.1 Å². The van der Waals surface area contributed by atoms with Gasteiger partial charge in [-0.15, -0.1) is 0 Å². The third-order valence-electron chi connectivity index (χ3n) is 2.76. The van der Waals surface area contributed by atoms with Crippen molar-refractivity contribution in [2.75, 3.05) is 0 Å². The Hall–Kier alpha value is -2.37. The number of nitrogens with zero attached hydrogens (tertiary/aromatic N) is 1. The Labute approximate surface area is 125 Å². The van der Waals surface area contributed by atoms with Gasteiger partial charge >= 0.3 is 5.97 Å². The number of rotatable bonds is 2. The minimum absolute atomic E-state index is 0.0898. The molecule has 0 N–H and O–H groups in total. The average molecular weight is 309 g/mol. The molecule has 0 saturated carbocycles. The number of halogens is 3. The lowest BCUT2D eigenvalue weighted by Crippen LogP contribution is -2.25. The van der Waals surface area contributed by atoms with Crippen molar-refractivity contribution in [2.45, 2.75) is 26.4 Å². The summed E-state index contributed by atoms with van der Waals surface area (Å²) in [6, 6.07) is 3.69. The Balaban J connectivity index is 2.65. The molecule has 1 aromatic carbocycles. The monoisotopic (exact) mass is 309 g/mol. The lowest BCUT2D eigenvalue weighted by atomic mass is 9.99. The Morgan fingerprint density at radius 3 is 2.23 bits per heavy atom. The Kier molecular flexibility index (Phi) is 4.21. The molecule has 0 unspecified atom stereocenters. The minimum Gasteiger partial charge on any atom is -0.456 e. The largest absolute Gasteiger partial charge is 0.456 e. The zero-order valence-electron chi connectivity index (χ0n) is 12.3. The molecule has 1 heterocycles. The maximum Gasteiger partial charge on any atom is 0.342 e. The number of esters is 1. The van der Waals surface area contributed by atoms with Crippen molar-refractivity contribution in [3.05, 3.63) is 53.6 Å². The fourth-order valence-corrected chi connectivity index (χ4v) is 1.88. The zero-order chi connectivity index (χ0) is 16.5. The standard InChI is InChI=1S/C16H14F3NO2/c1-16(2,3)22-15(21)12-10(9-4-6-20-7-5-9)8-11(17)13(18)14(12)19/h4-8H,1-3H3. The highest BCUT2D eigenvalue weighted by Crippen LogP contribution is 2.30. The maximum absolute atomic E-state index is 14.1. The van der Waals surface area contributed by atoms with Crippen LogP contribution in [-0.4, -0.2) is 16.6 Å². The van der Waals surface area contributed by atoms with Crippen LogP contribution in [0.3, 0.4) is 0 Å². The van der Waals surface area contributed by atoms with E-state index >= 15 is 0 Å². The van der Waals surface area contributed by atoms with Gasteiger partial charge in [-0.1, -0.05) is 0 Å². The van der Waals surface area contributed by atoms with Gasteiger partial charge in [0.05, 0.1) is 0 Å². The van der Waals surface area contributed by atoms with Crippen LogP contribution >= 0.6 is 0 Å². The maximum atomic E-state index is 14.1. The van der Waals surface area contributed by atoms with E-state index in [2.05, 4.69) is 4.98 Å². The highest BCUT2D eigenvalue weighted by molar-refractivity contribution is 5.97. The summed E-state index contributed by atoms with van der Waals surface area (Å²) >= 11 is 0. The molecule has 116 valence electrons. The smallest absolute Gasteiger partial charge is 0.342 e. The summed E-state index contributed by atoms with van der Waals surface area (Å²) in [5, 5.41) is 0. The van der Waals surface area contributed by atoms with E-state index in [9.17, 15) is 18.0 Å². The Morgan fingerprint density at radius 2 is 1.68 bits per heavy atom. The first-order valence-electron chi connectivity index (χ1n) is 6.52. The number of benzene rings is 1. The molecule has 0 amide bonds. The van der Waals surface area contributed by atoms with Gasteiger partial charge in [-0.25, -0.2) is 18.0 Å². The van der Waals surface area contributed by atoms with Crippen molar-refractivity contribution in [1.82, 2.24) is 4.98 Å². The first-order valence-corrected chi connectivity index (χ1v) is 6.52. The van der Waals surface area contributed by atoms with E-state index in [0.717, 1.165) is 6.07 Å². The highest BCUT2D eigenvalue weighted by Gasteiger charge is 2.28. The number of ether oxygens (including phenoxy) is 1. The molecule has 6 heteroatoms. The van der Waals surface area contributed by atoms with Gasteiger partial charge in [0.25, 0.3) is 0 Å². The first kappa shape index (κ1) is 16.0. The zero-order valence-corrected chi connectivity index (χ0v) is 12.3. The number of pyridine rings is 1. The van der Waals surface area contributed by atoms with Crippen LogP contribution < -0.4 is 0 Å². The third kappa shape index (κ3) is 3.27. The van der Waals surface area contributed by atoms with Crippen LogP contribution in [-0.2, 0) is 4.74 Å². The van der Waals surface area contributed by atoms with Crippen molar-refractivity contribution in [3.8, 4) is 11.1 Å². The van der Waals surface area contributed by atoms with Crippen LogP contribution in [0, 0.1) is 17.5 Å². The molecule has 0 atom stereocenters. The molecule has 1 aromatic heterocycles. The molecule has 22 heavy (non-hydrogen) atoms. The van der Waals surface area contributed by atoms with E-state index in [1.165, 1.54) is 24.5 Å². The van der Waals surface area contributed by atoms with Gasteiger partial charge in [0.1, 0.15) is 11.2 Å². The number of hydrogen-bond acceptors (Lipinski definition) is 3. The molecule has 0 aliphatic carbocycles. The van der Waals surface area contributed by atoms with Crippen molar-refractivity contribution in [2.24, 2.45) is 0 Å². The lowest BCUT2D eigenvalue weighted by molar-refractivity contribution is 0.00645. The molecular weight excluding hydrogens is 295 g/mol. The van der Waals surface area contributed by atoms with E-state index in [1.807, 2.05) is 0 Å². The Morgan fingerprint density at radius 1 is 1.09 bits per heavy atom. The van der Waals surface area contributed by atoms with Crippen LogP contribution in [0.4, 0.5) is 13.2 Å². The molecule has 0 fully saturated rings. The molecule has 0 aliphatic heterocycles. The minimum atomic E-state index is -1.71. The summed E-state index contributed by atoms with van der Waals surface area (Å²) < 4.78 is 46.2. The summed E-state index contributed by atoms with van der Waals surface area (Å²) in [7, 11) is 0. The summed E-state index contributed by atoms with van der Waals surface area (Å²) in [6.45, 7) is 4.78. The first-order chi connectivity index (χ1) is 10.2. The summed E-state index contributed by atoms with van der Waals surface area (Å²) in [5.74, 6) is -5.72. The molecule has 0 radical (unpaired) electrons. The summed E-state index contributed by atoms with van der Waals surface area (Å²) in [4.78, 5) is 16.0. The molecule has 0 aliphatic rings. The number of aromatic nitrogens is 1.